The van der Waals surface area contributed by atoms with E-state index in [0.29, 0.717) is 36.0 Å². The number of likely N-dealkylation sites (tertiary alicyclic amines) is 1. The normalized spacial score (nSPS) is 32.2. The Kier molecular flexibility index (Phi) is 4.57. The molecule has 0 aromatic heterocycles. The van der Waals surface area contributed by atoms with Crippen LogP contribution in [0.1, 0.15) is 12.8 Å². The summed E-state index contributed by atoms with van der Waals surface area (Å²) < 4.78 is 17.4. The number of para-hydroxylation sites is 2. The van der Waals surface area contributed by atoms with Crippen molar-refractivity contribution in [3.63, 3.8) is 0 Å². The zero-order valence-corrected chi connectivity index (χ0v) is 15.8. The first-order valence-corrected chi connectivity index (χ1v) is 9.38. The van der Waals surface area contributed by atoms with Crippen LogP contribution in [0, 0.1) is 11.8 Å². The minimum Gasteiger partial charge on any atom is -0.493 e. The second-order valence-corrected chi connectivity index (χ2v) is 8.01. The summed E-state index contributed by atoms with van der Waals surface area (Å²) in [6.07, 6.45) is 2.56. The van der Waals surface area contributed by atoms with E-state index in [0.717, 1.165) is 25.9 Å². The standard InChI is InChI=1S/C20H28N2O4/c1-21(2)10-14-15-11-22(13-20(15)9-8-16(14)26-20)19(23)12-25-18-7-5-4-6-17(18)24-3/h4-7,14-16H,8-13H2,1-3H3/t14-,15+,16+,20+/m0/s1. The van der Waals surface area contributed by atoms with Crippen LogP contribution in [0.2, 0.25) is 0 Å². The minimum absolute atomic E-state index is 0.0235. The first kappa shape index (κ1) is 17.6. The average Bonchev–Trinajstić information content (AvgIpc) is 3.29. The summed E-state index contributed by atoms with van der Waals surface area (Å²) in [4.78, 5) is 16.9. The maximum Gasteiger partial charge on any atom is 0.260 e. The fourth-order valence-electron chi connectivity index (χ4n) is 5.02. The Balaban J connectivity index is 1.40. The highest BCUT2D eigenvalue weighted by atomic mass is 16.5. The Labute approximate surface area is 155 Å². The van der Waals surface area contributed by atoms with Crippen molar-refractivity contribution in [2.45, 2.75) is 24.5 Å². The van der Waals surface area contributed by atoms with E-state index in [1.807, 2.05) is 29.2 Å². The van der Waals surface area contributed by atoms with Crippen molar-refractivity contribution >= 4 is 5.91 Å². The quantitative estimate of drug-likeness (QED) is 0.772. The number of carbonyl (C=O) groups excluding carboxylic acids is 1. The van der Waals surface area contributed by atoms with E-state index in [1.165, 1.54) is 0 Å². The van der Waals surface area contributed by atoms with E-state index >= 15 is 0 Å². The van der Waals surface area contributed by atoms with Gasteiger partial charge in [0, 0.05) is 24.9 Å². The zero-order chi connectivity index (χ0) is 18.3. The zero-order valence-electron chi connectivity index (χ0n) is 15.8. The lowest BCUT2D eigenvalue weighted by Gasteiger charge is -2.30. The molecule has 0 N–H and O–H groups in total. The smallest absolute Gasteiger partial charge is 0.260 e. The van der Waals surface area contributed by atoms with Gasteiger partial charge in [0.2, 0.25) is 0 Å². The van der Waals surface area contributed by atoms with E-state index in [4.69, 9.17) is 14.2 Å². The van der Waals surface area contributed by atoms with Gasteiger partial charge in [-0.2, -0.15) is 0 Å². The van der Waals surface area contributed by atoms with Crippen LogP contribution in [0.25, 0.3) is 0 Å². The predicted octanol–water partition coefficient (Wildman–Crippen LogP) is 1.64. The molecule has 3 fully saturated rings. The first-order valence-electron chi connectivity index (χ1n) is 9.38. The highest BCUT2D eigenvalue weighted by Gasteiger charge is 2.63. The molecule has 6 heteroatoms. The summed E-state index contributed by atoms with van der Waals surface area (Å²) in [5.74, 6) is 2.23. The molecule has 1 aromatic rings. The van der Waals surface area contributed by atoms with Crippen LogP contribution in [0.3, 0.4) is 0 Å². The van der Waals surface area contributed by atoms with Gasteiger partial charge in [-0.3, -0.25) is 4.79 Å². The summed E-state index contributed by atoms with van der Waals surface area (Å²) in [5, 5.41) is 0. The van der Waals surface area contributed by atoms with Crippen LogP contribution in [0.15, 0.2) is 24.3 Å². The lowest BCUT2D eigenvalue weighted by atomic mass is 9.73. The highest BCUT2D eigenvalue weighted by Crippen LogP contribution is 2.54. The number of rotatable bonds is 6. The van der Waals surface area contributed by atoms with E-state index < -0.39 is 0 Å². The molecule has 1 aromatic carbocycles. The molecule has 3 aliphatic heterocycles. The SMILES string of the molecule is COc1ccccc1OCC(=O)N1C[C@@H]2[C@H](CN(C)C)[C@H]3CC[C@]2(C1)O3. The molecule has 1 amide bonds. The largest absolute Gasteiger partial charge is 0.493 e. The molecule has 0 radical (unpaired) electrons. The lowest BCUT2D eigenvalue weighted by molar-refractivity contribution is -0.133. The maximum absolute atomic E-state index is 12.7. The molecule has 2 bridgehead atoms. The van der Waals surface area contributed by atoms with Gasteiger partial charge >= 0.3 is 0 Å². The molecule has 1 spiro atoms. The number of benzene rings is 1. The summed E-state index contributed by atoms with van der Waals surface area (Å²) >= 11 is 0. The first-order chi connectivity index (χ1) is 12.5. The number of amides is 1. The highest BCUT2D eigenvalue weighted by molar-refractivity contribution is 5.78. The number of fused-ring (bicyclic) bond motifs is 1. The molecule has 142 valence electrons. The Morgan fingerprint density at radius 2 is 2.12 bits per heavy atom. The van der Waals surface area contributed by atoms with Gasteiger partial charge in [-0.25, -0.2) is 0 Å². The summed E-state index contributed by atoms with van der Waals surface area (Å²) in [6.45, 7) is 2.54. The van der Waals surface area contributed by atoms with Crippen molar-refractivity contribution in [3.8, 4) is 11.5 Å². The van der Waals surface area contributed by atoms with E-state index in [2.05, 4.69) is 19.0 Å². The van der Waals surface area contributed by atoms with Gasteiger partial charge in [0.05, 0.1) is 25.4 Å². The molecule has 0 unspecified atom stereocenters. The third kappa shape index (κ3) is 2.95. The second kappa shape index (κ2) is 6.74. The van der Waals surface area contributed by atoms with E-state index in [9.17, 15) is 4.79 Å². The Hall–Kier alpha value is -1.79. The molecule has 4 rings (SSSR count). The Morgan fingerprint density at radius 1 is 1.35 bits per heavy atom. The van der Waals surface area contributed by atoms with Crippen molar-refractivity contribution in [2.24, 2.45) is 11.8 Å². The van der Waals surface area contributed by atoms with Crippen molar-refractivity contribution in [1.82, 2.24) is 9.80 Å². The predicted molar refractivity (Wildman–Crippen MR) is 97.4 cm³/mol. The Morgan fingerprint density at radius 3 is 2.85 bits per heavy atom. The fourth-order valence-corrected chi connectivity index (χ4v) is 5.02. The average molecular weight is 360 g/mol. The number of nitrogens with zero attached hydrogens (tertiary/aromatic N) is 2. The van der Waals surface area contributed by atoms with Gasteiger partial charge < -0.3 is 24.0 Å². The minimum atomic E-state index is -0.120. The number of hydrogen-bond acceptors (Lipinski definition) is 5. The third-order valence-electron chi connectivity index (χ3n) is 6.13. The van der Waals surface area contributed by atoms with Gasteiger partial charge in [0.25, 0.3) is 5.91 Å². The van der Waals surface area contributed by atoms with E-state index in [1.54, 1.807) is 7.11 Å². The van der Waals surface area contributed by atoms with Gasteiger partial charge in [-0.05, 0) is 39.1 Å². The monoisotopic (exact) mass is 360 g/mol. The van der Waals surface area contributed by atoms with Gasteiger partial charge in [-0.15, -0.1) is 0 Å². The number of ether oxygens (including phenoxy) is 3. The van der Waals surface area contributed by atoms with Crippen molar-refractivity contribution in [3.05, 3.63) is 24.3 Å². The molecule has 6 nitrogen and oxygen atoms in total. The van der Waals surface area contributed by atoms with Gasteiger partial charge in [-0.1, -0.05) is 12.1 Å². The molecule has 0 aliphatic carbocycles. The van der Waals surface area contributed by atoms with Gasteiger partial charge in [0.1, 0.15) is 0 Å². The number of hydrogen-bond donors (Lipinski definition) is 0. The van der Waals surface area contributed by atoms with Crippen LogP contribution in [-0.4, -0.2) is 74.9 Å². The fraction of sp³-hybridized carbons (Fsp3) is 0.650. The van der Waals surface area contributed by atoms with Crippen LogP contribution >= 0.6 is 0 Å². The maximum atomic E-state index is 12.7. The summed E-state index contributed by atoms with van der Waals surface area (Å²) in [7, 11) is 5.82. The molecule has 3 heterocycles. The van der Waals surface area contributed by atoms with Crippen LogP contribution < -0.4 is 9.47 Å². The molecule has 0 saturated carbocycles. The molecular weight excluding hydrogens is 332 g/mol. The molecule has 4 atom stereocenters. The van der Waals surface area contributed by atoms with Crippen molar-refractivity contribution in [1.29, 1.82) is 0 Å². The van der Waals surface area contributed by atoms with E-state index in [-0.39, 0.29) is 18.1 Å². The van der Waals surface area contributed by atoms with Gasteiger partial charge in [0.15, 0.2) is 18.1 Å². The van der Waals surface area contributed by atoms with Crippen LogP contribution in [-0.2, 0) is 9.53 Å². The van der Waals surface area contributed by atoms with Crippen molar-refractivity contribution in [2.75, 3.05) is 47.4 Å². The summed E-state index contributed by atoms with van der Waals surface area (Å²) in [5.41, 5.74) is -0.120. The molecular formula is C20H28N2O4. The van der Waals surface area contributed by atoms with Crippen LogP contribution in [0.5, 0.6) is 11.5 Å². The van der Waals surface area contributed by atoms with Crippen LogP contribution in [0.4, 0.5) is 0 Å². The van der Waals surface area contributed by atoms with Crippen molar-refractivity contribution < 1.29 is 19.0 Å². The molecule has 3 aliphatic rings. The number of methoxy groups -OCH3 is 1. The summed E-state index contributed by atoms with van der Waals surface area (Å²) in [6, 6.07) is 7.41. The Bertz CT molecular complexity index is 680. The second-order valence-electron chi connectivity index (χ2n) is 8.01. The molecule has 3 saturated heterocycles. The molecule has 26 heavy (non-hydrogen) atoms. The third-order valence-corrected chi connectivity index (χ3v) is 6.13. The lowest BCUT2D eigenvalue weighted by Crippen LogP contribution is -2.40. The topological polar surface area (TPSA) is 51.2 Å². The number of carbonyl (C=O) groups is 1.